The van der Waals surface area contributed by atoms with E-state index in [1.807, 2.05) is 37.3 Å². The first-order valence-corrected chi connectivity index (χ1v) is 9.06. The fraction of sp³-hybridized carbons (Fsp3) is 0.333. The number of para-hydroxylation sites is 1. The van der Waals surface area contributed by atoms with Crippen molar-refractivity contribution in [3.63, 3.8) is 0 Å². The molecule has 1 fully saturated rings. The summed E-state index contributed by atoms with van der Waals surface area (Å²) < 4.78 is 7.35. The molecular weight excluding hydrogens is 328 g/mol. The van der Waals surface area contributed by atoms with E-state index in [1.165, 1.54) is 5.52 Å². The SMILES string of the molecule is CCn1c2ccccc2c2cc(NC(=O)COC(=O)[C@@H]3C[C@@H]3C)ccc21. The van der Waals surface area contributed by atoms with E-state index in [0.29, 0.717) is 11.6 Å². The minimum absolute atomic E-state index is 0.0284. The molecule has 2 atom stereocenters. The molecule has 1 aliphatic rings. The van der Waals surface area contributed by atoms with E-state index < -0.39 is 0 Å². The van der Waals surface area contributed by atoms with Gasteiger partial charge in [-0.05, 0) is 43.5 Å². The molecule has 0 saturated heterocycles. The van der Waals surface area contributed by atoms with E-state index in [0.717, 1.165) is 29.3 Å². The summed E-state index contributed by atoms with van der Waals surface area (Å²) in [5.41, 5.74) is 3.03. The lowest BCUT2D eigenvalue weighted by Crippen LogP contribution is -2.21. The van der Waals surface area contributed by atoms with Crippen LogP contribution in [0.25, 0.3) is 21.8 Å². The second-order valence-corrected chi connectivity index (χ2v) is 6.97. The van der Waals surface area contributed by atoms with Crippen LogP contribution in [0.3, 0.4) is 0 Å². The summed E-state index contributed by atoms with van der Waals surface area (Å²) in [5, 5.41) is 5.09. The van der Waals surface area contributed by atoms with Crippen molar-refractivity contribution in [1.82, 2.24) is 4.57 Å². The van der Waals surface area contributed by atoms with Crippen molar-refractivity contribution in [2.75, 3.05) is 11.9 Å². The Kier molecular flexibility index (Phi) is 4.15. The maximum Gasteiger partial charge on any atom is 0.309 e. The largest absolute Gasteiger partial charge is 0.455 e. The predicted molar refractivity (Wildman–Crippen MR) is 102 cm³/mol. The van der Waals surface area contributed by atoms with E-state index in [-0.39, 0.29) is 24.4 Å². The molecule has 4 rings (SSSR count). The van der Waals surface area contributed by atoms with Crippen molar-refractivity contribution >= 4 is 39.4 Å². The third-order valence-electron chi connectivity index (χ3n) is 5.13. The van der Waals surface area contributed by atoms with Crippen LogP contribution in [0, 0.1) is 11.8 Å². The van der Waals surface area contributed by atoms with Gasteiger partial charge >= 0.3 is 5.97 Å². The summed E-state index contributed by atoms with van der Waals surface area (Å²) in [7, 11) is 0. The Morgan fingerprint density at radius 3 is 2.62 bits per heavy atom. The number of aryl methyl sites for hydroxylation is 1. The lowest BCUT2D eigenvalue weighted by Gasteiger charge is -2.07. The summed E-state index contributed by atoms with van der Waals surface area (Å²) in [6.45, 7) is 4.77. The highest BCUT2D eigenvalue weighted by atomic mass is 16.5. The minimum atomic E-state index is -0.315. The maximum absolute atomic E-state index is 12.1. The fourth-order valence-electron chi connectivity index (χ4n) is 3.56. The van der Waals surface area contributed by atoms with Gasteiger partial charge in [-0.15, -0.1) is 0 Å². The van der Waals surface area contributed by atoms with Gasteiger partial charge in [0, 0.05) is 34.0 Å². The highest BCUT2D eigenvalue weighted by Gasteiger charge is 2.40. The van der Waals surface area contributed by atoms with Gasteiger partial charge in [0.2, 0.25) is 0 Å². The number of amides is 1. The molecule has 0 aliphatic heterocycles. The van der Waals surface area contributed by atoms with Crippen LogP contribution in [-0.4, -0.2) is 23.1 Å². The first-order valence-electron chi connectivity index (χ1n) is 9.06. The molecule has 0 radical (unpaired) electrons. The molecule has 0 spiro atoms. The minimum Gasteiger partial charge on any atom is -0.455 e. The van der Waals surface area contributed by atoms with Crippen molar-refractivity contribution < 1.29 is 14.3 Å². The summed E-state index contributed by atoms with van der Waals surface area (Å²) in [4.78, 5) is 23.8. The van der Waals surface area contributed by atoms with E-state index in [4.69, 9.17) is 4.74 Å². The predicted octanol–water partition coefficient (Wildman–Crippen LogP) is 3.95. The van der Waals surface area contributed by atoms with Gasteiger partial charge in [-0.25, -0.2) is 0 Å². The molecule has 1 aliphatic carbocycles. The van der Waals surface area contributed by atoms with Crippen LogP contribution in [0.4, 0.5) is 5.69 Å². The van der Waals surface area contributed by atoms with E-state index in [9.17, 15) is 9.59 Å². The van der Waals surface area contributed by atoms with E-state index in [1.54, 1.807) is 0 Å². The molecular formula is C21H22N2O3. The van der Waals surface area contributed by atoms with Crippen molar-refractivity contribution in [2.24, 2.45) is 11.8 Å². The summed E-state index contributed by atoms with van der Waals surface area (Å²) in [5.74, 6) is -0.234. The third-order valence-corrected chi connectivity index (χ3v) is 5.13. The topological polar surface area (TPSA) is 60.3 Å². The maximum atomic E-state index is 12.1. The van der Waals surface area contributed by atoms with Crippen LogP contribution < -0.4 is 5.32 Å². The first-order chi connectivity index (χ1) is 12.6. The van der Waals surface area contributed by atoms with Gasteiger partial charge in [-0.3, -0.25) is 9.59 Å². The quantitative estimate of drug-likeness (QED) is 0.709. The standard InChI is InChI=1S/C21H22N2O3/c1-3-23-18-7-5-4-6-15(18)17-11-14(8-9-19(17)23)22-20(24)12-26-21(25)16-10-13(16)2/h4-9,11,13,16H,3,10,12H2,1-2H3,(H,22,24)/t13-,16+/m0/s1. The summed E-state index contributed by atoms with van der Waals surface area (Å²) in [6, 6.07) is 14.1. The Balaban J connectivity index is 1.53. The van der Waals surface area contributed by atoms with Crippen molar-refractivity contribution in [2.45, 2.75) is 26.8 Å². The zero-order chi connectivity index (χ0) is 18.3. The molecule has 0 bridgehead atoms. The molecule has 134 valence electrons. The normalized spacial score (nSPS) is 18.8. The van der Waals surface area contributed by atoms with Crippen molar-refractivity contribution in [3.8, 4) is 0 Å². The van der Waals surface area contributed by atoms with Crippen LogP contribution >= 0.6 is 0 Å². The molecule has 1 aromatic heterocycles. The van der Waals surface area contributed by atoms with E-state index >= 15 is 0 Å². The van der Waals surface area contributed by atoms with Gasteiger partial charge in [-0.1, -0.05) is 25.1 Å². The smallest absolute Gasteiger partial charge is 0.309 e. The second kappa shape index (κ2) is 6.48. The molecule has 26 heavy (non-hydrogen) atoms. The highest BCUT2D eigenvalue weighted by molar-refractivity contribution is 6.09. The van der Waals surface area contributed by atoms with Crippen LogP contribution in [0.5, 0.6) is 0 Å². The fourth-order valence-corrected chi connectivity index (χ4v) is 3.56. The number of esters is 1. The summed E-state index contributed by atoms with van der Waals surface area (Å²) >= 11 is 0. The Morgan fingerprint density at radius 1 is 1.15 bits per heavy atom. The number of nitrogens with zero attached hydrogens (tertiary/aromatic N) is 1. The molecule has 1 N–H and O–H groups in total. The lowest BCUT2D eigenvalue weighted by molar-refractivity contribution is -0.148. The van der Waals surface area contributed by atoms with Crippen molar-refractivity contribution in [1.29, 1.82) is 0 Å². The first kappa shape index (κ1) is 16.6. The molecule has 1 saturated carbocycles. The second-order valence-electron chi connectivity index (χ2n) is 6.97. The van der Waals surface area contributed by atoms with Gasteiger partial charge in [0.25, 0.3) is 5.91 Å². The number of benzene rings is 2. The average Bonchev–Trinajstić information content (AvgIpc) is 3.30. The Labute approximate surface area is 151 Å². The van der Waals surface area contributed by atoms with Crippen LogP contribution in [0.2, 0.25) is 0 Å². The molecule has 1 amide bonds. The number of carbonyl (C=O) groups is 2. The molecule has 0 unspecified atom stereocenters. The zero-order valence-electron chi connectivity index (χ0n) is 15.0. The molecule has 3 aromatic rings. The van der Waals surface area contributed by atoms with Gasteiger partial charge in [0.15, 0.2) is 6.61 Å². The number of anilines is 1. The number of ether oxygens (including phenoxy) is 1. The molecule has 1 heterocycles. The lowest BCUT2D eigenvalue weighted by atomic mass is 10.1. The zero-order valence-corrected chi connectivity index (χ0v) is 15.0. The van der Waals surface area contributed by atoms with Crippen LogP contribution in [0.15, 0.2) is 42.5 Å². The van der Waals surface area contributed by atoms with E-state index in [2.05, 4.69) is 28.9 Å². The van der Waals surface area contributed by atoms with Gasteiger partial charge in [0.05, 0.1) is 5.92 Å². The number of hydrogen-bond acceptors (Lipinski definition) is 3. The molecule has 2 aromatic carbocycles. The number of hydrogen-bond donors (Lipinski definition) is 1. The van der Waals surface area contributed by atoms with Gasteiger partial charge in [-0.2, -0.15) is 0 Å². The van der Waals surface area contributed by atoms with Gasteiger partial charge < -0.3 is 14.6 Å². The van der Waals surface area contributed by atoms with Crippen LogP contribution in [0.1, 0.15) is 20.3 Å². The van der Waals surface area contributed by atoms with Gasteiger partial charge in [0.1, 0.15) is 0 Å². The number of nitrogens with one attached hydrogen (secondary N) is 1. The average molecular weight is 350 g/mol. The third kappa shape index (κ3) is 2.94. The number of fused-ring (bicyclic) bond motifs is 3. The monoisotopic (exact) mass is 350 g/mol. The van der Waals surface area contributed by atoms with Crippen LogP contribution in [-0.2, 0) is 20.9 Å². The summed E-state index contributed by atoms with van der Waals surface area (Å²) in [6.07, 6.45) is 0.860. The number of rotatable bonds is 5. The number of carbonyl (C=O) groups excluding carboxylic acids is 2. The van der Waals surface area contributed by atoms with Crippen molar-refractivity contribution in [3.05, 3.63) is 42.5 Å². The Bertz CT molecular complexity index is 1010. The Morgan fingerprint density at radius 2 is 1.88 bits per heavy atom. The highest BCUT2D eigenvalue weighted by Crippen LogP contribution is 2.38. The molecule has 5 nitrogen and oxygen atoms in total. The Hall–Kier alpha value is -2.82. The molecule has 5 heteroatoms. The number of aromatic nitrogens is 1.